The molecule has 0 radical (unpaired) electrons. The van der Waals surface area contributed by atoms with Crippen molar-refractivity contribution >= 4 is 27.5 Å². The lowest BCUT2D eigenvalue weighted by Crippen LogP contribution is -2.51. The number of benzene rings is 3. The summed E-state index contributed by atoms with van der Waals surface area (Å²) in [4.78, 5) is 28.3. The zero-order chi connectivity index (χ0) is 28.7. The van der Waals surface area contributed by atoms with Gasteiger partial charge < -0.3 is 10.2 Å². The number of amides is 2. The number of hydrogen-bond donors (Lipinski definition) is 1. The number of rotatable bonds is 11. The Kier molecular flexibility index (Phi) is 9.86. The Morgan fingerprint density at radius 2 is 1.54 bits per heavy atom. The van der Waals surface area contributed by atoms with Crippen molar-refractivity contribution in [3.8, 4) is 0 Å². The van der Waals surface area contributed by atoms with Gasteiger partial charge in [0.1, 0.15) is 18.4 Å². The van der Waals surface area contributed by atoms with Crippen molar-refractivity contribution in [3.05, 3.63) is 95.3 Å². The van der Waals surface area contributed by atoms with Crippen LogP contribution in [0.4, 0.5) is 10.1 Å². The minimum atomic E-state index is -4.20. The molecule has 0 saturated carbocycles. The molecule has 3 aromatic carbocycles. The van der Waals surface area contributed by atoms with E-state index in [4.69, 9.17) is 0 Å². The van der Waals surface area contributed by atoms with Crippen molar-refractivity contribution in [1.29, 1.82) is 0 Å². The molecule has 0 heterocycles. The van der Waals surface area contributed by atoms with Crippen LogP contribution in [0.15, 0.2) is 77.7 Å². The normalized spacial score (nSPS) is 12.2. The Balaban J connectivity index is 2.01. The van der Waals surface area contributed by atoms with Crippen molar-refractivity contribution in [3.63, 3.8) is 0 Å². The quantitative estimate of drug-likeness (QED) is 0.369. The van der Waals surface area contributed by atoms with Gasteiger partial charge in [0.15, 0.2) is 0 Å². The Morgan fingerprint density at radius 3 is 2.13 bits per heavy atom. The molecule has 0 bridgehead atoms. The summed E-state index contributed by atoms with van der Waals surface area (Å²) in [6.07, 6.45) is 0. The van der Waals surface area contributed by atoms with Crippen LogP contribution in [0.5, 0.6) is 0 Å². The number of nitrogens with zero attached hydrogens (tertiary/aromatic N) is 2. The van der Waals surface area contributed by atoms with Gasteiger partial charge in [-0.2, -0.15) is 0 Å². The molecule has 0 aliphatic rings. The number of carbonyl (C=O) groups excluding carboxylic acids is 2. The van der Waals surface area contributed by atoms with Gasteiger partial charge in [0.2, 0.25) is 11.8 Å². The number of hydrogen-bond acceptors (Lipinski definition) is 4. The molecular weight excluding hydrogens is 517 g/mol. The van der Waals surface area contributed by atoms with Gasteiger partial charge in [0.25, 0.3) is 10.0 Å². The van der Waals surface area contributed by atoms with Crippen LogP contribution in [-0.4, -0.2) is 44.3 Å². The van der Waals surface area contributed by atoms with Crippen LogP contribution in [0.2, 0.25) is 0 Å². The molecule has 3 rings (SSSR count). The van der Waals surface area contributed by atoms with Gasteiger partial charge in [-0.15, -0.1) is 0 Å². The maximum absolute atomic E-state index is 13.9. The van der Waals surface area contributed by atoms with Crippen molar-refractivity contribution < 1.29 is 22.4 Å². The highest BCUT2D eigenvalue weighted by molar-refractivity contribution is 7.92. The third kappa shape index (κ3) is 7.89. The predicted octanol–water partition coefficient (Wildman–Crippen LogP) is 4.83. The van der Waals surface area contributed by atoms with E-state index in [1.165, 1.54) is 29.2 Å². The lowest BCUT2D eigenvalue weighted by Gasteiger charge is -2.32. The number of sulfonamides is 1. The number of carbonyl (C=O) groups is 2. The fourth-order valence-corrected chi connectivity index (χ4v) is 5.43. The van der Waals surface area contributed by atoms with Crippen LogP contribution in [0, 0.1) is 25.6 Å². The number of nitrogens with one attached hydrogen (secondary N) is 1. The largest absolute Gasteiger partial charge is 0.354 e. The number of anilines is 1. The van der Waals surface area contributed by atoms with Gasteiger partial charge in [-0.05, 0) is 68.7 Å². The fraction of sp³-hybridized carbons (Fsp3) is 0.333. The Bertz CT molecular complexity index is 1390. The van der Waals surface area contributed by atoms with E-state index >= 15 is 0 Å². The molecule has 0 aromatic heterocycles. The van der Waals surface area contributed by atoms with Gasteiger partial charge in [0.05, 0.1) is 10.6 Å². The molecule has 0 unspecified atom stereocenters. The first kappa shape index (κ1) is 29.8. The maximum Gasteiger partial charge on any atom is 0.264 e. The molecule has 0 aliphatic heterocycles. The maximum atomic E-state index is 13.9. The summed E-state index contributed by atoms with van der Waals surface area (Å²) in [6, 6.07) is 17.9. The summed E-state index contributed by atoms with van der Waals surface area (Å²) in [5.41, 5.74) is 2.81. The van der Waals surface area contributed by atoms with Crippen molar-refractivity contribution in [2.75, 3.05) is 17.4 Å². The highest BCUT2D eigenvalue weighted by Gasteiger charge is 2.32. The summed E-state index contributed by atoms with van der Waals surface area (Å²) >= 11 is 0. The average molecular weight is 554 g/mol. The Labute approximate surface area is 230 Å². The molecule has 0 fully saturated rings. The van der Waals surface area contributed by atoms with Crippen LogP contribution >= 0.6 is 0 Å². The summed E-state index contributed by atoms with van der Waals surface area (Å²) in [5, 5.41) is 2.86. The van der Waals surface area contributed by atoms with Gasteiger partial charge in [0, 0.05) is 13.1 Å². The third-order valence-corrected chi connectivity index (χ3v) is 8.08. The zero-order valence-corrected chi connectivity index (χ0v) is 23.8. The van der Waals surface area contributed by atoms with E-state index in [2.05, 4.69) is 5.32 Å². The summed E-state index contributed by atoms with van der Waals surface area (Å²) in [6.45, 7) is 9.31. The molecule has 1 atom stereocenters. The lowest BCUT2D eigenvalue weighted by molar-refractivity contribution is -0.139. The highest BCUT2D eigenvalue weighted by Crippen LogP contribution is 2.25. The summed E-state index contributed by atoms with van der Waals surface area (Å²) < 4.78 is 42.2. The SMILES string of the molecule is Cc1ccc(S(=O)(=O)N(CC(=O)N(Cc2cccc(C)c2)[C@@H](C)C(=O)NCC(C)C)c2ccc(F)cc2)cc1. The van der Waals surface area contributed by atoms with E-state index in [1.807, 2.05) is 52.0 Å². The predicted molar refractivity (Wildman–Crippen MR) is 151 cm³/mol. The topological polar surface area (TPSA) is 86.8 Å². The molecule has 9 heteroatoms. The highest BCUT2D eigenvalue weighted by atomic mass is 32.2. The van der Waals surface area contributed by atoms with E-state index in [-0.39, 0.29) is 29.0 Å². The van der Waals surface area contributed by atoms with Crippen LogP contribution in [0.25, 0.3) is 0 Å². The van der Waals surface area contributed by atoms with Crippen LogP contribution in [-0.2, 0) is 26.2 Å². The van der Waals surface area contributed by atoms with Crippen molar-refractivity contribution in [2.45, 2.75) is 52.1 Å². The molecule has 0 aliphatic carbocycles. The molecule has 3 aromatic rings. The van der Waals surface area contributed by atoms with E-state index in [1.54, 1.807) is 19.1 Å². The van der Waals surface area contributed by atoms with E-state index in [0.717, 1.165) is 33.1 Å². The standard InChI is InChI=1S/C30H36FN3O4S/c1-21(2)18-32-30(36)24(5)33(19-25-8-6-7-23(4)17-25)29(35)20-34(27-13-11-26(31)12-14-27)39(37,38)28-15-9-22(3)10-16-28/h6-17,21,24H,18-20H2,1-5H3,(H,32,36)/t24-/m0/s1. The molecule has 0 saturated heterocycles. The number of halogens is 1. The third-order valence-electron chi connectivity index (χ3n) is 6.29. The van der Waals surface area contributed by atoms with Gasteiger partial charge in [-0.25, -0.2) is 12.8 Å². The van der Waals surface area contributed by atoms with Crippen LogP contribution < -0.4 is 9.62 Å². The molecular formula is C30H36FN3O4S. The first-order chi connectivity index (χ1) is 18.4. The fourth-order valence-electron chi connectivity index (χ4n) is 4.02. The number of aryl methyl sites for hydroxylation is 2. The monoisotopic (exact) mass is 553 g/mol. The zero-order valence-electron chi connectivity index (χ0n) is 23.0. The Morgan fingerprint density at radius 1 is 0.897 bits per heavy atom. The smallest absolute Gasteiger partial charge is 0.264 e. The molecule has 39 heavy (non-hydrogen) atoms. The first-order valence-corrected chi connectivity index (χ1v) is 14.3. The molecule has 1 N–H and O–H groups in total. The second-order valence-electron chi connectivity index (χ2n) is 10.1. The molecule has 208 valence electrons. The first-order valence-electron chi connectivity index (χ1n) is 12.9. The van der Waals surface area contributed by atoms with Crippen molar-refractivity contribution in [1.82, 2.24) is 10.2 Å². The molecule has 2 amide bonds. The summed E-state index contributed by atoms with van der Waals surface area (Å²) in [5.74, 6) is -1.21. The molecule has 7 nitrogen and oxygen atoms in total. The van der Waals surface area contributed by atoms with Crippen molar-refractivity contribution in [2.24, 2.45) is 5.92 Å². The van der Waals surface area contributed by atoms with Crippen LogP contribution in [0.1, 0.15) is 37.5 Å². The summed E-state index contributed by atoms with van der Waals surface area (Å²) in [7, 11) is -4.20. The lowest BCUT2D eigenvalue weighted by atomic mass is 10.1. The minimum absolute atomic E-state index is 0.00168. The Hall–Kier alpha value is -3.72. The van der Waals surface area contributed by atoms with E-state index in [9.17, 15) is 22.4 Å². The minimum Gasteiger partial charge on any atom is -0.354 e. The van der Waals surface area contributed by atoms with Crippen LogP contribution in [0.3, 0.4) is 0 Å². The van der Waals surface area contributed by atoms with Gasteiger partial charge in [-0.1, -0.05) is 61.4 Å². The van der Waals surface area contributed by atoms with E-state index < -0.39 is 34.3 Å². The average Bonchev–Trinajstić information content (AvgIpc) is 2.89. The van der Waals surface area contributed by atoms with Gasteiger partial charge >= 0.3 is 0 Å². The van der Waals surface area contributed by atoms with E-state index in [0.29, 0.717) is 6.54 Å². The second kappa shape index (κ2) is 12.9. The molecule has 0 spiro atoms. The second-order valence-corrected chi connectivity index (χ2v) is 12.0. The van der Waals surface area contributed by atoms with Gasteiger partial charge in [-0.3, -0.25) is 13.9 Å².